The number of alkyl halides is 3. The van der Waals surface area contributed by atoms with Gasteiger partial charge in [-0.05, 0) is 80.9 Å². The number of nitrogens with zero attached hydrogens (tertiary/aromatic N) is 3. The van der Waals surface area contributed by atoms with E-state index in [1.807, 2.05) is 15.9 Å². The predicted molar refractivity (Wildman–Crippen MR) is 165 cm³/mol. The van der Waals surface area contributed by atoms with Crippen LogP contribution in [-0.2, 0) is 14.3 Å². The molecular weight excluding hydrogens is 583 g/mol. The van der Waals surface area contributed by atoms with E-state index >= 15 is 0 Å². The lowest BCUT2D eigenvalue weighted by atomic mass is 9.79. The molecule has 6 aliphatic rings. The number of allylic oxidation sites excluding steroid dienone is 7. The number of amides is 1. The maximum Gasteiger partial charge on any atom is 0.416 e. The molecule has 0 bridgehead atoms. The van der Waals surface area contributed by atoms with Crippen LogP contribution in [-0.4, -0.2) is 90.3 Å². The largest absolute Gasteiger partial charge is 0.497 e. The second-order valence-electron chi connectivity index (χ2n) is 14.1. The topological polar surface area (TPSA) is 73.3 Å². The summed E-state index contributed by atoms with van der Waals surface area (Å²) in [5.41, 5.74) is 0.0473. The van der Waals surface area contributed by atoms with Crippen LogP contribution in [0.4, 0.5) is 13.2 Å². The van der Waals surface area contributed by atoms with Crippen molar-refractivity contribution in [2.45, 2.75) is 76.4 Å². The molecule has 3 aliphatic heterocycles. The number of halogens is 3. The van der Waals surface area contributed by atoms with Crippen LogP contribution in [0.5, 0.6) is 0 Å². The smallest absolute Gasteiger partial charge is 0.416 e. The Labute approximate surface area is 264 Å². The fourth-order valence-corrected chi connectivity index (χ4v) is 8.98. The molecule has 45 heavy (non-hydrogen) atoms. The lowest BCUT2D eigenvalue weighted by Gasteiger charge is -2.40. The number of piperidine rings is 1. The van der Waals surface area contributed by atoms with Crippen LogP contribution in [0.25, 0.3) is 0 Å². The van der Waals surface area contributed by atoms with Gasteiger partial charge in [0.2, 0.25) is 5.91 Å². The van der Waals surface area contributed by atoms with E-state index < -0.39 is 23.6 Å². The first-order valence-electron chi connectivity index (χ1n) is 17.0. The van der Waals surface area contributed by atoms with Crippen LogP contribution in [0.15, 0.2) is 47.4 Å². The van der Waals surface area contributed by atoms with Gasteiger partial charge >= 0.3 is 12.1 Å². The molecule has 3 heterocycles. The molecule has 6 rings (SSSR count). The first-order valence-corrected chi connectivity index (χ1v) is 17.0. The van der Waals surface area contributed by atoms with Gasteiger partial charge in [0.25, 0.3) is 0 Å². The average Bonchev–Trinajstić information content (AvgIpc) is 3.73. The van der Waals surface area contributed by atoms with Gasteiger partial charge in [0.1, 0.15) is 5.76 Å². The minimum Gasteiger partial charge on any atom is -0.497 e. The molecule has 248 valence electrons. The van der Waals surface area contributed by atoms with E-state index in [1.54, 1.807) is 7.11 Å². The lowest BCUT2D eigenvalue weighted by Crippen LogP contribution is -2.42. The van der Waals surface area contributed by atoms with Crippen LogP contribution in [0.1, 0.15) is 64.2 Å². The van der Waals surface area contributed by atoms with E-state index in [2.05, 4.69) is 17.1 Å². The lowest BCUT2D eigenvalue weighted by molar-refractivity contribution is -0.143. The minimum atomic E-state index is -4.43. The zero-order valence-corrected chi connectivity index (χ0v) is 26.4. The van der Waals surface area contributed by atoms with Crippen molar-refractivity contribution in [1.29, 1.82) is 0 Å². The number of rotatable bonds is 7. The molecule has 1 N–H and O–H groups in total. The summed E-state index contributed by atoms with van der Waals surface area (Å²) in [5.74, 6) is 0.133. The maximum absolute atomic E-state index is 14.3. The van der Waals surface area contributed by atoms with Crippen LogP contribution < -0.4 is 0 Å². The van der Waals surface area contributed by atoms with Gasteiger partial charge < -0.3 is 19.6 Å². The molecule has 3 aliphatic carbocycles. The number of ether oxygens (including phenoxy) is 1. The highest BCUT2D eigenvalue weighted by Crippen LogP contribution is 2.44. The van der Waals surface area contributed by atoms with E-state index in [-0.39, 0.29) is 41.9 Å². The van der Waals surface area contributed by atoms with Crippen molar-refractivity contribution >= 4 is 11.9 Å². The van der Waals surface area contributed by atoms with Crippen LogP contribution in [0, 0.1) is 35.5 Å². The molecule has 0 spiro atoms. The standard InChI is InChI=1S/C35H48F3N3O4/c1-45-28-10-7-23(8-11-28)30-21-41(27-5-3-2-4-6-27)22-31(30)33(42)40-18-15-25(20-40)29-12-9-26(35(36,37)38)19-32(29)39-16-13-24(14-17-39)34(43)44/h7,9-11,19,23-25,27,29-31H,2-6,8,12-18,20-22H2,1H3,(H,43,44)/t23?,25?,29?,30-,31+/m0/s1. The molecule has 0 aromatic rings. The number of hydrogen-bond acceptors (Lipinski definition) is 5. The number of carboxylic acids is 1. The molecule has 7 nitrogen and oxygen atoms in total. The fraction of sp³-hybridized carbons (Fsp3) is 0.714. The van der Waals surface area contributed by atoms with Crippen molar-refractivity contribution in [3.05, 3.63) is 47.4 Å². The molecule has 3 unspecified atom stereocenters. The summed E-state index contributed by atoms with van der Waals surface area (Å²) in [4.78, 5) is 32.4. The van der Waals surface area contributed by atoms with Crippen molar-refractivity contribution < 1.29 is 32.6 Å². The average molecular weight is 632 g/mol. The zero-order valence-electron chi connectivity index (χ0n) is 26.4. The molecule has 0 aromatic carbocycles. The normalized spacial score (nSPS) is 32.4. The Hall–Kier alpha value is -2.75. The Balaban J connectivity index is 1.17. The Morgan fingerprint density at radius 3 is 2.33 bits per heavy atom. The summed E-state index contributed by atoms with van der Waals surface area (Å²) in [6.45, 7) is 3.78. The van der Waals surface area contributed by atoms with Crippen LogP contribution in [0.3, 0.4) is 0 Å². The van der Waals surface area contributed by atoms with Crippen molar-refractivity contribution in [1.82, 2.24) is 14.7 Å². The van der Waals surface area contributed by atoms with Gasteiger partial charge in [0, 0.05) is 56.9 Å². The fourth-order valence-electron chi connectivity index (χ4n) is 8.98. The van der Waals surface area contributed by atoms with E-state index in [9.17, 15) is 27.9 Å². The van der Waals surface area contributed by atoms with E-state index in [0.717, 1.165) is 31.7 Å². The summed E-state index contributed by atoms with van der Waals surface area (Å²) in [7, 11) is 1.68. The maximum atomic E-state index is 14.3. The molecular formula is C35H48F3N3O4. The Bertz CT molecular complexity index is 1230. The monoisotopic (exact) mass is 631 g/mol. The second kappa shape index (κ2) is 13.5. The molecule has 1 saturated carbocycles. The molecule has 5 atom stereocenters. The predicted octanol–water partition coefficient (Wildman–Crippen LogP) is 6.01. The number of carboxylic acid groups (broad SMARTS) is 1. The van der Waals surface area contributed by atoms with Gasteiger partial charge in [-0.1, -0.05) is 31.4 Å². The van der Waals surface area contributed by atoms with Gasteiger partial charge in [-0.3, -0.25) is 14.5 Å². The minimum absolute atomic E-state index is 0.0690. The third-order valence-electron chi connectivity index (χ3n) is 11.6. The number of carbonyl (C=O) groups is 2. The number of hydrogen-bond donors (Lipinski definition) is 1. The number of carbonyl (C=O) groups excluding carboxylic acids is 1. The Morgan fingerprint density at radius 1 is 0.933 bits per heavy atom. The SMILES string of the molecule is COC1=CCC([C@@H]2CN(C3CCCCC3)C[C@H]2C(=O)N2CCC(C3CC=C(C(F)(F)F)C=C3N3CCC(C(=O)O)CC3)C2)C=C1. The number of likely N-dealkylation sites (tertiary alicyclic amines) is 3. The summed E-state index contributed by atoms with van der Waals surface area (Å²) in [6.07, 6.45) is 13.5. The zero-order chi connectivity index (χ0) is 31.7. The van der Waals surface area contributed by atoms with Crippen molar-refractivity contribution in [2.75, 3.05) is 46.4 Å². The second-order valence-corrected chi connectivity index (χ2v) is 14.1. The summed E-state index contributed by atoms with van der Waals surface area (Å²) in [6, 6.07) is 0.540. The third kappa shape index (κ3) is 7.00. The van der Waals surface area contributed by atoms with Gasteiger partial charge in [-0.25, -0.2) is 0 Å². The molecule has 0 radical (unpaired) electrons. The molecule has 10 heteroatoms. The van der Waals surface area contributed by atoms with Crippen molar-refractivity contribution in [3.8, 4) is 0 Å². The van der Waals surface area contributed by atoms with Crippen molar-refractivity contribution in [2.24, 2.45) is 35.5 Å². The Morgan fingerprint density at radius 2 is 1.69 bits per heavy atom. The Kier molecular flexibility index (Phi) is 9.69. The quantitative estimate of drug-likeness (QED) is 0.371. The molecule has 1 amide bonds. The van der Waals surface area contributed by atoms with E-state index in [0.29, 0.717) is 50.8 Å². The first-order chi connectivity index (χ1) is 21.6. The molecule has 0 aromatic heterocycles. The van der Waals surface area contributed by atoms with Gasteiger partial charge in [-0.15, -0.1) is 0 Å². The first kappa shape index (κ1) is 32.2. The highest BCUT2D eigenvalue weighted by Gasteiger charge is 2.47. The van der Waals surface area contributed by atoms with Crippen LogP contribution in [0.2, 0.25) is 0 Å². The van der Waals surface area contributed by atoms with Gasteiger partial charge in [-0.2, -0.15) is 13.2 Å². The van der Waals surface area contributed by atoms with Gasteiger partial charge in [0.15, 0.2) is 0 Å². The van der Waals surface area contributed by atoms with Gasteiger partial charge in [0.05, 0.1) is 24.5 Å². The number of methoxy groups -OCH3 is 1. The number of aliphatic carboxylic acids is 1. The molecule has 3 saturated heterocycles. The van der Waals surface area contributed by atoms with E-state index in [4.69, 9.17) is 4.74 Å². The summed E-state index contributed by atoms with van der Waals surface area (Å²) in [5, 5.41) is 9.45. The van der Waals surface area contributed by atoms with E-state index in [1.165, 1.54) is 44.3 Å². The summed E-state index contributed by atoms with van der Waals surface area (Å²) >= 11 is 0. The summed E-state index contributed by atoms with van der Waals surface area (Å²) < 4.78 is 46.9. The highest BCUT2D eigenvalue weighted by atomic mass is 19.4. The van der Waals surface area contributed by atoms with Crippen LogP contribution >= 0.6 is 0 Å². The molecule has 4 fully saturated rings. The van der Waals surface area contributed by atoms with Crippen molar-refractivity contribution in [3.63, 3.8) is 0 Å². The third-order valence-corrected chi connectivity index (χ3v) is 11.6. The highest BCUT2D eigenvalue weighted by molar-refractivity contribution is 5.80.